The zero-order valence-corrected chi connectivity index (χ0v) is 52.5. The molecule has 0 atom stereocenters. The summed E-state index contributed by atoms with van der Waals surface area (Å²) in [6, 6.07) is 122. The summed E-state index contributed by atoms with van der Waals surface area (Å²) in [6.45, 7) is 0. The maximum Gasteiger partial charge on any atom is 0.227 e. The second-order valence-electron chi connectivity index (χ2n) is 24.8. The third-order valence-corrected chi connectivity index (χ3v) is 19.2. The van der Waals surface area contributed by atoms with E-state index >= 15 is 0 Å². The van der Waals surface area contributed by atoms with Crippen LogP contribution in [0.4, 0.5) is 0 Å². The van der Waals surface area contributed by atoms with Crippen LogP contribution in [0.2, 0.25) is 0 Å². The lowest BCUT2D eigenvalue weighted by Gasteiger charge is -2.17. The van der Waals surface area contributed by atoms with E-state index in [0.717, 1.165) is 105 Å². The predicted molar refractivity (Wildman–Crippen MR) is 404 cm³/mol. The van der Waals surface area contributed by atoms with Gasteiger partial charge in [0.15, 0.2) is 5.58 Å². The monoisotopic (exact) mass is 1230 g/mol. The van der Waals surface area contributed by atoms with E-state index in [2.05, 4.69) is 297 Å². The highest BCUT2D eigenvalue weighted by Crippen LogP contribution is 2.46. The summed E-state index contributed by atoms with van der Waals surface area (Å²) >= 11 is 0. The zero-order valence-electron chi connectivity index (χ0n) is 52.5. The van der Waals surface area contributed by atoms with Crippen LogP contribution < -0.4 is 0 Å². The fourth-order valence-electron chi connectivity index (χ4n) is 14.5. The first kappa shape index (κ1) is 56.6. The number of nitrogens with zero attached hydrogens (tertiary/aromatic N) is 4. The molecular formula is C92H56N4O. The second kappa shape index (κ2) is 23.8. The molecule has 0 aliphatic heterocycles. The summed E-state index contributed by atoms with van der Waals surface area (Å²) in [5.41, 5.74) is 20.9. The molecule has 5 nitrogen and oxygen atoms in total. The molecule has 0 spiro atoms. The Morgan fingerprint density at radius 1 is 0.237 bits per heavy atom. The molecule has 3 aromatic heterocycles. The van der Waals surface area contributed by atoms with Crippen LogP contribution in [0.25, 0.3) is 187 Å². The Balaban J connectivity index is 0.000000141. The minimum atomic E-state index is 0.619. The second-order valence-corrected chi connectivity index (χ2v) is 24.8. The van der Waals surface area contributed by atoms with Gasteiger partial charge in [-0.15, -0.1) is 0 Å². The van der Waals surface area contributed by atoms with Crippen LogP contribution in [0.3, 0.4) is 0 Å². The van der Waals surface area contributed by atoms with E-state index < -0.39 is 0 Å². The molecule has 97 heavy (non-hydrogen) atoms. The summed E-state index contributed by atoms with van der Waals surface area (Å²) in [7, 11) is 0. The number of oxazole rings is 1. The summed E-state index contributed by atoms with van der Waals surface area (Å²) in [5.74, 6) is 0.619. The highest BCUT2D eigenvalue weighted by molar-refractivity contribution is 6.20. The van der Waals surface area contributed by atoms with Crippen molar-refractivity contribution >= 4 is 97.5 Å². The molecule has 0 saturated heterocycles. The molecule has 0 saturated carbocycles. The van der Waals surface area contributed by atoms with Crippen molar-refractivity contribution in [1.29, 1.82) is 5.26 Å². The van der Waals surface area contributed by atoms with Crippen LogP contribution in [0.15, 0.2) is 344 Å². The van der Waals surface area contributed by atoms with Gasteiger partial charge in [0.25, 0.3) is 0 Å². The van der Waals surface area contributed by atoms with Crippen LogP contribution >= 0.6 is 0 Å². The molecule has 0 amide bonds. The van der Waals surface area contributed by atoms with Crippen molar-refractivity contribution in [1.82, 2.24) is 15.0 Å². The number of benzene rings is 16. The van der Waals surface area contributed by atoms with Crippen molar-refractivity contribution < 1.29 is 4.42 Å². The summed E-state index contributed by atoms with van der Waals surface area (Å²) in [4.78, 5) is 15.7. The molecule has 0 bridgehead atoms. The minimum Gasteiger partial charge on any atom is -0.436 e. The van der Waals surface area contributed by atoms with E-state index in [0.29, 0.717) is 11.5 Å². The Hall–Kier alpha value is -13.1. The highest BCUT2D eigenvalue weighted by Gasteiger charge is 2.21. The summed E-state index contributed by atoms with van der Waals surface area (Å²) in [6.07, 6.45) is 0. The first-order valence-electron chi connectivity index (χ1n) is 32.8. The van der Waals surface area contributed by atoms with Crippen molar-refractivity contribution in [3.8, 4) is 95.7 Å². The molecule has 5 heteroatoms. The number of aromatic nitrogens is 3. The van der Waals surface area contributed by atoms with Gasteiger partial charge in [-0.25, -0.2) is 15.0 Å². The van der Waals surface area contributed by atoms with Crippen LogP contribution in [0, 0.1) is 11.3 Å². The lowest BCUT2D eigenvalue weighted by Crippen LogP contribution is -1.94. The third-order valence-electron chi connectivity index (χ3n) is 19.2. The Morgan fingerprint density at radius 2 is 0.577 bits per heavy atom. The average Bonchev–Trinajstić information content (AvgIpc) is 1.37. The number of pyridine rings is 2. The molecule has 450 valence electrons. The number of fused-ring (bicyclic) bond motifs is 11. The molecule has 0 aliphatic carbocycles. The molecule has 3 heterocycles. The predicted octanol–water partition coefficient (Wildman–Crippen LogP) is 24.7. The molecule has 0 fully saturated rings. The van der Waals surface area contributed by atoms with E-state index in [-0.39, 0.29) is 0 Å². The SMILES string of the molecule is N#Cc1ccc(-c2ccc(-c3cc(-c4cccc5ccccc45)nc4c3cc(-c3cccc5ccccc35)c3ccccc34)cc2)cc1.c1ccc2c(-c3cc(-c4ccc(-c5nc6ccccc6o5)cc4)c4cc(-c5cccc6ccccc56)c5ccccc5c4n3)cccc2c1. The Kier molecular flexibility index (Phi) is 13.9. The van der Waals surface area contributed by atoms with E-state index in [1.165, 1.54) is 76.1 Å². The largest absolute Gasteiger partial charge is 0.436 e. The van der Waals surface area contributed by atoms with E-state index in [9.17, 15) is 5.26 Å². The van der Waals surface area contributed by atoms with Gasteiger partial charge < -0.3 is 4.42 Å². The van der Waals surface area contributed by atoms with Gasteiger partial charge in [0.1, 0.15) is 5.52 Å². The lowest BCUT2D eigenvalue weighted by molar-refractivity contribution is 0.620. The Labute approximate surface area is 559 Å². The number of rotatable bonds is 8. The Morgan fingerprint density at radius 3 is 1.01 bits per heavy atom. The molecule has 19 rings (SSSR count). The number of hydrogen-bond donors (Lipinski definition) is 0. The van der Waals surface area contributed by atoms with Gasteiger partial charge in [-0.2, -0.15) is 5.26 Å². The van der Waals surface area contributed by atoms with Crippen molar-refractivity contribution in [2.24, 2.45) is 0 Å². The third kappa shape index (κ3) is 10.1. The first-order chi connectivity index (χ1) is 48.0. The number of para-hydroxylation sites is 2. The topological polar surface area (TPSA) is 75.6 Å². The minimum absolute atomic E-state index is 0.619. The van der Waals surface area contributed by atoms with Crippen LogP contribution in [0.5, 0.6) is 0 Å². The fraction of sp³-hybridized carbons (Fsp3) is 0. The average molecular weight is 1230 g/mol. The maximum absolute atomic E-state index is 9.27. The normalized spacial score (nSPS) is 11.5. The quantitative estimate of drug-likeness (QED) is 0.142. The van der Waals surface area contributed by atoms with Gasteiger partial charge >= 0.3 is 0 Å². The lowest BCUT2D eigenvalue weighted by atomic mass is 9.89. The molecule has 0 N–H and O–H groups in total. The molecule has 19 aromatic rings. The smallest absolute Gasteiger partial charge is 0.227 e. The van der Waals surface area contributed by atoms with Crippen LogP contribution in [0.1, 0.15) is 5.56 Å². The van der Waals surface area contributed by atoms with E-state index in [1.54, 1.807) is 0 Å². The number of hydrogen-bond acceptors (Lipinski definition) is 5. The van der Waals surface area contributed by atoms with E-state index in [4.69, 9.17) is 19.4 Å². The summed E-state index contributed by atoms with van der Waals surface area (Å²) in [5, 5.41) is 25.8. The van der Waals surface area contributed by atoms with Gasteiger partial charge in [-0.05, 0) is 170 Å². The van der Waals surface area contributed by atoms with Crippen molar-refractivity contribution in [3.05, 3.63) is 345 Å². The summed E-state index contributed by atoms with van der Waals surface area (Å²) < 4.78 is 6.11. The molecule has 16 aromatic carbocycles. The standard InChI is InChI=1S/C46H28N2O.C46H28N2/c1-3-15-33-29(11-1)13-9-19-35(33)40-27-41-39(31-23-25-32(26-24-31)46-48-42-21-7-8-22-44(42)49-46)28-43(47-45(41)38-18-6-5-17-36(38)40)37-20-10-14-30-12-2-4-16-34(30)37;47-29-30-19-21-31(22-20-30)32-23-25-35(26-24-32)42-28-45(40-18-8-12-34-10-2-4-14-37(34)40)48-46-41-16-6-5-15-39(41)43(27-44(42)46)38-17-7-11-33-9-1-3-13-36(33)38/h1-28H;1-28H. The van der Waals surface area contributed by atoms with Gasteiger partial charge in [0, 0.05) is 38.2 Å². The fourth-order valence-corrected chi connectivity index (χ4v) is 14.5. The molecule has 0 radical (unpaired) electrons. The van der Waals surface area contributed by atoms with Crippen molar-refractivity contribution in [3.63, 3.8) is 0 Å². The highest BCUT2D eigenvalue weighted by atomic mass is 16.3. The zero-order chi connectivity index (χ0) is 64.3. The van der Waals surface area contributed by atoms with Crippen LogP contribution in [-0.2, 0) is 0 Å². The maximum atomic E-state index is 9.27. The van der Waals surface area contributed by atoms with Gasteiger partial charge in [0.05, 0.1) is 34.1 Å². The van der Waals surface area contributed by atoms with Gasteiger partial charge in [0.2, 0.25) is 5.89 Å². The number of nitriles is 1. The molecule has 0 aliphatic rings. The van der Waals surface area contributed by atoms with Crippen molar-refractivity contribution in [2.75, 3.05) is 0 Å². The Bertz CT molecular complexity index is 6330. The van der Waals surface area contributed by atoms with Crippen LogP contribution in [-0.4, -0.2) is 15.0 Å². The van der Waals surface area contributed by atoms with Gasteiger partial charge in [-0.3, -0.25) is 0 Å². The van der Waals surface area contributed by atoms with Crippen molar-refractivity contribution in [2.45, 2.75) is 0 Å². The molecule has 0 unspecified atom stereocenters. The molecular weight excluding hydrogens is 1180 g/mol. The first-order valence-corrected chi connectivity index (χ1v) is 32.8. The van der Waals surface area contributed by atoms with Gasteiger partial charge in [-0.1, -0.05) is 279 Å². The van der Waals surface area contributed by atoms with E-state index in [1.807, 2.05) is 48.5 Å².